The van der Waals surface area contributed by atoms with Crippen LogP contribution in [0.1, 0.15) is 25.3 Å². The van der Waals surface area contributed by atoms with E-state index in [2.05, 4.69) is 0 Å². The van der Waals surface area contributed by atoms with Gasteiger partial charge < -0.3 is 9.64 Å². The van der Waals surface area contributed by atoms with Gasteiger partial charge in [-0.3, -0.25) is 9.59 Å². The molecule has 1 amide bonds. The van der Waals surface area contributed by atoms with Crippen LogP contribution in [0.2, 0.25) is 0 Å². The standard InChI is InChI=1S/C15H21NO3/c1-12(17)11-13-6-8-14(9-7-13)19-10-4-5-15(18)16(2)3/h6-9H,4-5,10-11H2,1-3H3. The van der Waals surface area contributed by atoms with Gasteiger partial charge >= 0.3 is 0 Å². The average Bonchev–Trinajstić information content (AvgIpc) is 2.35. The van der Waals surface area contributed by atoms with Gasteiger partial charge in [0, 0.05) is 26.9 Å². The Bertz CT molecular complexity index is 424. The molecule has 0 aliphatic carbocycles. The largest absolute Gasteiger partial charge is 0.494 e. The van der Waals surface area contributed by atoms with Gasteiger partial charge in [-0.15, -0.1) is 0 Å². The summed E-state index contributed by atoms with van der Waals surface area (Å²) in [5.74, 6) is 1.03. The fraction of sp³-hybridized carbons (Fsp3) is 0.467. The molecule has 0 bridgehead atoms. The molecule has 0 spiro atoms. The van der Waals surface area contributed by atoms with Crippen molar-refractivity contribution in [1.82, 2.24) is 4.90 Å². The molecule has 4 heteroatoms. The monoisotopic (exact) mass is 263 g/mol. The number of carbonyl (C=O) groups is 2. The van der Waals surface area contributed by atoms with Gasteiger partial charge in [-0.1, -0.05) is 12.1 Å². The zero-order chi connectivity index (χ0) is 14.3. The number of ketones is 1. The van der Waals surface area contributed by atoms with Gasteiger partial charge in [0.2, 0.25) is 5.91 Å². The molecule has 0 saturated carbocycles. The number of benzene rings is 1. The smallest absolute Gasteiger partial charge is 0.222 e. The van der Waals surface area contributed by atoms with E-state index in [1.165, 1.54) is 0 Å². The zero-order valence-electron chi connectivity index (χ0n) is 11.8. The highest BCUT2D eigenvalue weighted by Crippen LogP contribution is 2.13. The van der Waals surface area contributed by atoms with Crippen molar-refractivity contribution in [3.63, 3.8) is 0 Å². The van der Waals surface area contributed by atoms with E-state index < -0.39 is 0 Å². The Morgan fingerprint density at radius 2 is 1.79 bits per heavy atom. The van der Waals surface area contributed by atoms with E-state index in [-0.39, 0.29) is 11.7 Å². The average molecular weight is 263 g/mol. The zero-order valence-corrected chi connectivity index (χ0v) is 11.8. The van der Waals surface area contributed by atoms with Crippen molar-refractivity contribution in [2.24, 2.45) is 0 Å². The van der Waals surface area contributed by atoms with E-state index in [9.17, 15) is 9.59 Å². The first-order valence-corrected chi connectivity index (χ1v) is 6.40. The van der Waals surface area contributed by atoms with Crippen LogP contribution in [-0.2, 0) is 16.0 Å². The van der Waals surface area contributed by atoms with E-state index in [4.69, 9.17) is 4.74 Å². The summed E-state index contributed by atoms with van der Waals surface area (Å²) in [4.78, 5) is 23.9. The molecule has 0 atom stereocenters. The lowest BCUT2D eigenvalue weighted by molar-refractivity contribution is -0.128. The molecule has 1 aromatic rings. The Kier molecular flexibility index (Phi) is 6.06. The fourth-order valence-electron chi connectivity index (χ4n) is 1.63. The molecular formula is C15H21NO3. The molecule has 0 aromatic heterocycles. The van der Waals surface area contributed by atoms with Crippen molar-refractivity contribution in [2.75, 3.05) is 20.7 Å². The van der Waals surface area contributed by atoms with Gasteiger partial charge in [0.05, 0.1) is 6.61 Å². The van der Waals surface area contributed by atoms with Gasteiger partial charge in [-0.25, -0.2) is 0 Å². The molecule has 0 radical (unpaired) electrons. The predicted octanol–water partition coefficient (Wildman–Crippen LogP) is 2.07. The normalized spacial score (nSPS) is 10.1. The van der Waals surface area contributed by atoms with Crippen LogP contribution in [0.25, 0.3) is 0 Å². The molecule has 1 rings (SSSR count). The molecule has 0 heterocycles. The highest BCUT2D eigenvalue weighted by molar-refractivity contribution is 5.78. The lowest BCUT2D eigenvalue weighted by Crippen LogP contribution is -2.21. The lowest BCUT2D eigenvalue weighted by atomic mass is 10.1. The number of amides is 1. The van der Waals surface area contributed by atoms with Crippen LogP contribution >= 0.6 is 0 Å². The summed E-state index contributed by atoms with van der Waals surface area (Å²) in [6, 6.07) is 7.49. The Hall–Kier alpha value is -1.84. The first-order valence-electron chi connectivity index (χ1n) is 6.40. The van der Waals surface area contributed by atoms with Crippen molar-refractivity contribution in [1.29, 1.82) is 0 Å². The summed E-state index contributed by atoms with van der Waals surface area (Å²) < 4.78 is 5.54. The van der Waals surface area contributed by atoms with Gasteiger partial charge in [-0.05, 0) is 31.0 Å². The van der Waals surface area contributed by atoms with E-state index in [0.717, 1.165) is 11.3 Å². The minimum atomic E-state index is 0.111. The summed E-state index contributed by atoms with van der Waals surface area (Å²) in [7, 11) is 3.49. The van der Waals surface area contributed by atoms with Crippen LogP contribution < -0.4 is 4.74 Å². The predicted molar refractivity (Wildman–Crippen MR) is 74.3 cm³/mol. The lowest BCUT2D eigenvalue weighted by Gasteiger charge is -2.10. The molecule has 0 saturated heterocycles. The molecule has 4 nitrogen and oxygen atoms in total. The fourth-order valence-corrected chi connectivity index (χ4v) is 1.63. The van der Waals surface area contributed by atoms with Crippen molar-refractivity contribution < 1.29 is 14.3 Å². The summed E-state index contributed by atoms with van der Waals surface area (Å²) in [5.41, 5.74) is 0.989. The van der Waals surface area contributed by atoms with Crippen LogP contribution in [0, 0.1) is 0 Å². The summed E-state index contributed by atoms with van der Waals surface area (Å²) in [5, 5.41) is 0. The molecule has 104 valence electrons. The van der Waals surface area contributed by atoms with E-state index in [1.54, 1.807) is 25.9 Å². The van der Waals surface area contributed by atoms with Crippen LogP contribution in [-0.4, -0.2) is 37.3 Å². The number of ether oxygens (including phenoxy) is 1. The minimum Gasteiger partial charge on any atom is -0.494 e. The third-order valence-corrected chi connectivity index (χ3v) is 2.68. The van der Waals surface area contributed by atoms with Crippen LogP contribution in [0.5, 0.6) is 5.75 Å². The van der Waals surface area contributed by atoms with Crippen molar-refractivity contribution in [3.05, 3.63) is 29.8 Å². The molecule has 0 aliphatic rings. The number of Topliss-reactive ketones (excluding diaryl/α,β-unsaturated/α-hetero) is 1. The minimum absolute atomic E-state index is 0.111. The number of carbonyl (C=O) groups excluding carboxylic acids is 2. The van der Waals surface area contributed by atoms with Crippen molar-refractivity contribution >= 4 is 11.7 Å². The molecule has 0 N–H and O–H groups in total. The van der Waals surface area contributed by atoms with E-state index >= 15 is 0 Å². The molecule has 0 fully saturated rings. The highest BCUT2D eigenvalue weighted by Gasteiger charge is 2.03. The second-order valence-corrected chi connectivity index (χ2v) is 4.76. The van der Waals surface area contributed by atoms with E-state index in [0.29, 0.717) is 25.9 Å². The number of hydrogen-bond donors (Lipinski definition) is 0. The van der Waals surface area contributed by atoms with Crippen LogP contribution in [0.3, 0.4) is 0 Å². The molecule has 1 aromatic carbocycles. The first kappa shape index (κ1) is 15.2. The van der Waals surface area contributed by atoms with Crippen LogP contribution in [0.15, 0.2) is 24.3 Å². The molecule has 0 unspecified atom stereocenters. The molecular weight excluding hydrogens is 242 g/mol. The Balaban J connectivity index is 2.30. The number of nitrogens with zero attached hydrogens (tertiary/aromatic N) is 1. The van der Waals surface area contributed by atoms with Gasteiger partial charge in [0.15, 0.2) is 0 Å². The second-order valence-electron chi connectivity index (χ2n) is 4.76. The summed E-state index contributed by atoms with van der Waals surface area (Å²) in [6.45, 7) is 2.10. The maximum atomic E-state index is 11.3. The van der Waals surface area contributed by atoms with Gasteiger partial charge in [0.1, 0.15) is 11.5 Å². The maximum Gasteiger partial charge on any atom is 0.222 e. The van der Waals surface area contributed by atoms with Gasteiger partial charge in [0.25, 0.3) is 0 Å². The molecule has 19 heavy (non-hydrogen) atoms. The SMILES string of the molecule is CC(=O)Cc1ccc(OCCCC(=O)N(C)C)cc1. The highest BCUT2D eigenvalue weighted by atomic mass is 16.5. The Labute approximate surface area is 114 Å². The second kappa shape index (κ2) is 7.56. The van der Waals surface area contributed by atoms with Gasteiger partial charge in [-0.2, -0.15) is 0 Å². The number of rotatable bonds is 7. The summed E-state index contributed by atoms with van der Waals surface area (Å²) in [6.07, 6.45) is 1.65. The van der Waals surface area contributed by atoms with Crippen molar-refractivity contribution in [3.8, 4) is 5.75 Å². The molecule has 0 aliphatic heterocycles. The van der Waals surface area contributed by atoms with E-state index in [1.807, 2.05) is 24.3 Å². The third kappa shape index (κ3) is 6.04. The first-order chi connectivity index (χ1) is 8.99. The Morgan fingerprint density at radius 3 is 2.32 bits per heavy atom. The maximum absolute atomic E-state index is 11.3. The number of hydrogen-bond acceptors (Lipinski definition) is 3. The third-order valence-electron chi connectivity index (χ3n) is 2.68. The van der Waals surface area contributed by atoms with Crippen molar-refractivity contribution in [2.45, 2.75) is 26.2 Å². The Morgan fingerprint density at radius 1 is 1.16 bits per heavy atom. The van der Waals surface area contributed by atoms with Crippen LogP contribution in [0.4, 0.5) is 0 Å². The summed E-state index contributed by atoms with van der Waals surface area (Å²) >= 11 is 0. The quantitative estimate of drug-likeness (QED) is 0.707. The topological polar surface area (TPSA) is 46.6 Å².